The van der Waals surface area contributed by atoms with Crippen LogP contribution in [0.15, 0.2) is 0 Å². The first-order chi connectivity index (χ1) is 9.57. The molecule has 1 aliphatic carbocycles. The van der Waals surface area contributed by atoms with Gasteiger partial charge in [-0.25, -0.2) is 0 Å². The molecule has 2 aliphatic heterocycles. The van der Waals surface area contributed by atoms with Gasteiger partial charge in [-0.2, -0.15) is 0 Å². The van der Waals surface area contributed by atoms with Gasteiger partial charge < -0.3 is 15.1 Å². The molecule has 3 heteroatoms. The Morgan fingerprint density at radius 3 is 2.20 bits per heavy atom. The van der Waals surface area contributed by atoms with Gasteiger partial charge >= 0.3 is 0 Å². The van der Waals surface area contributed by atoms with Gasteiger partial charge in [-0.1, -0.05) is 0 Å². The molecule has 2 atom stereocenters. The van der Waals surface area contributed by atoms with Crippen molar-refractivity contribution in [1.82, 2.24) is 15.1 Å². The molecule has 0 spiro atoms. The zero-order chi connectivity index (χ0) is 14.2. The van der Waals surface area contributed by atoms with Crippen molar-refractivity contribution in [3.05, 3.63) is 0 Å². The summed E-state index contributed by atoms with van der Waals surface area (Å²) in [5.41, 5.74) is 0.488. The van der Waals surface area contributed by atoms with Crippen molar-refractivity contribution in [2.45, 2.75) is 69.0 Å². The molecule has 116 valence electrons. The summed E-state index contributed by atoms with van der Waals surface area (Å²) in [6, 6.07) is 1.70. The topological polar surface area (TPSA) is 18.5 Å². The summed E-state index contributed by atoms with van der Waals surface area (Å²) >= 11 is 0. The number of nitrogens with zero attached hydrogens (tertiary/aromatic N) is 2. The molecule has 3 rings (SSSR count). The fourth-order valence-electron chi connectivity index (χ4n) is 4.73. The molecule has 0 aromatic heterocycles. The fourth-order valence-corrected chi connectivity index (χ4v) is 4.73. The molecule has 0 aromatic rings. The van der Waals surface area contributed by atoms with E-state index in [0.717, 1.165) is 18.0 Å². The Labute approximate surface area is 125 Å². The van der Waals surface area contributed by atoms with Crippen molar-refractivity contribution < 1.29 is 0 Å². The van der Waals surface area contributed by atoms with Crippen molar-refractivity contribution in [3.8, 4) is 0 Å². The van der Waals surface area contributed by atoms with E-state index in [1.165, 1.54) is 64.5 Å². The van der Waals surface area contributed by atoms with Crippen LogP contribution in [0.2, 0.25) is 0 Å². The molecule has 2 bridgehead atoms. The van der Waals surface area contributed by atoms with Gasteiger partial charge in [0, 0.05) is 24.2 Å². The van der Waals surface area contributed by atoms with Crippen molar-refractivity contribution in [1.29, 1.82) is 0 Å². The number of hydrogen-bond donors (Lipinski definition) is 1. The average Bonchev–Trinajstić information content (AvgIpc) is 2.70. The van der Waals surface area contributed by atoms with E-state index in [-0.39, 0.29) is 0 Å². The van der Waals surface area contributed by atoms with Crippen LogP contribution in [-0.2, 0) is 0 Å². The Hall–Kier alpha value is -0.120. The lowest BCUT2D eigenvalue weighted by Crippen LogP contribution is -2.56. The Balaban J connectivity index is 1.42. The molecule has 2 heterocycles. The molecular weight excluding hydrogens is 246 g/mol. The van der Waals surface area contributed by atoms with Crippen LogP contribution in [0.1, 0.15) is 51.4 Å². The SMILES string of the molecule is CN(CCC1CC2CCC(C1)N2)CC1(N(C)C)CCC1. The van der Waals surface area contributed by atoms with Crippen LogP contribution in [0.5, 0.6) is 0 Å². The highest BCUT2D eigenvalue weighted by Crippen LogP contribution is 2.37. The van der Waals surface area contributed by atoms with E-state index in [1.54, 1.807) is 0 Å². The lowest BCUT2D eigenvalue weighted by Gasteiger charge is -2.49. The third-order valence-corrected chi connectivity index (χ3v) is 6.29. The monoisotopic (exact) mass is 279 g/mol. The largest absolute Gasteiger partial charge is 0.311 e. The third-order valence-electron chi connectivity index (χ3n) is 6.29. The first-order valence-electron chi connectivity index (χ1n) is 8.69. The smallest absolute Gasteiger partial charge is 0.0330 e. The van der Waals surface area contributed by atoms with E-state index in [1.807, 2.05) is 0 Å². The highest BCUT2D eigenvalue weighted by molar-refractivity contribution is 4.98. The maximum Gasteiger partial charge on any atom is 0.0330 e. The van der Waals surface area contributed by atoms with Crippen LogP contribution >= 0.6 is 0 Å². The summed E-state index contributed by atoms with van der Waals surface area (Å²) in [5, 5.41) is 3.76. The number of rotatable bonds is 6. The van der Waals surface area contributed by atoms with E-state index in [2.05, 4.69) is 36.3 Å². The molecule has 0 aromatic carbocycles. The molecule has 20 heavy (non-hydrogen) atoms. The van der Waals surface area contributed by atoms with Gasteiger partial charge in [0.2, 0.25) is 0 Å². The Morgan fingerprint density at radius 1 is 1.05 bits per heavy atom. The summed E-state index contributed by atoms with van der Waals surface area (Å²) in [7, 11) is 6.86. The number of likely N-dealkylation sites (N-methyl/N-ethyl adjacent to an activating group) is 2. The van der Waals surface area contributed by atoms with E-state index < -0.39 is 0 Å². The van der Waals surface area contributed by atoms with Crippen LogP contribution in [0.3, 0.4) is 0 Å². The van der Waals surface area contributed by atoms with Gasteiger partial charge in [0.25, 0.3) is 0 Å². The molecular formula is C17H33N3. The molecule has 2 unspecified atom stereocenters. The van der Waals surface area contributed by atoms with E-state index >= 15 is 0 Å². The van der Waals surface area contributed by atoms with E-state index in [4.69, 9.17) is 0 Å². The Kier molecular flexibility index (Phi) is 4.40. The van der Waals surface area contributed by atoms with Crippen molar-refractivity contribution >= 4 is 0 Å². The normalized spacial score (nSPS) is 35.5. The third kappa shape index (κ3) is 3.05. The Bertz CT molecular complexity index is 312. The summed E-state index contributed by atoms with van der Waals surface area (Å²) < 4.78 is 0. The summed E-state index contributed by atoms with van der Waals surface area (Å²) in [4.78, 5) is 5.07. The summed E-state index contributed by atoms with van der Waals surface area (Å²) in [6.45, 7) is 2.55. The van der Waals surface area contributed by atoms with Crippen LogP contribution in [0, 0.1) is 5.92 Å². The van der Waals surface area contributed by atoms with Gasteiger partial charge in [0.05, 0.1) is 0 Å². The number of hydrogen-bond acceptors (Lipinski definition) is 3. The maximum atomic E-state index is 3.76. The van der Waals surface area contributed by atoms with Crippen LogP contribution in [0.25, 0.3) is 0 Å². The first kappa shape index (κ1) is 14.8. The average molecular weight is 279 g/mol. The van der Waals surface area contributed by atoms with Gasteiger partial charge in [0.1, 0.15) is 0 Å². The van der Waals surface area contributed by atoms with Gasteiger partial charge in [-0.05, 0) is 85.0 Å². The van der Waals surface area contributed by atoms with E-state index in [0.29, 0.717) is 5.54 Å². The van der Waals surface area contributed by atoms with Crippen LogP contribution in [0.4, 0.5) is 0 Å². The Morgan fingerprint density at radius 2 is 1.70 bits per heavy atom. The zero-order valence-corrected chi connectivity index (χ0v) is 13.7. The fraction of sp³-hybridized carbons (Fsp3) is 1.00. The molecule has 3 nitrogen and oxygen atoms in total. The molecule has 3 aliphatic rings. The predicted octanol–water partition coefficient (Wildman–Crippen LogP) is 2.32. The highest BCUT2D eigenvalue weighted by Gasteiger charge is 2.40. The number of nitrogens with one attached hydrogen (secondary N) is 1. The highest BCUT2D eigenvalue weighted by atomic mass is 15.2. The quantitative estimate of drug-likeness (QED) is 0.805. The van der Waals surface area contributed by atoms with Gasteiger partial charge in [0.15, 0.2) is 0 Å². The minimum absolute atomic E-state index is 0.488. The zero-order valence-electron chi connectivity index (χ0n) is 13.7. The van der Waals surface area contributed by atoms with Crippen molar-refractivity contribution in [2.24, 2.45) is 5.92 Å². The second-order valence-corrected chi connectivity index (χ2v) is 7.97. The van der Waals surface area contributed by atoms with Gasteiger partial charge in [-0.15, -0.1) is 0 Å². The van der Waals surface area contributed by atoms with Gasteiger partial charge in [-0.3, -0.25) is 0 Å². The number of fused-ring (bicyclic) bond motifs is 2. The van der Waals surface area contributed by atoms with Crippen molar-refractivity contribution in [3.63, 3.8) is 0 Å². The predicted molar refractivity (Wildman–Crippen MR) is 85.1 cm³/mol. The number of piperidine rings is 1. The van der Waals surface area contributed by atoms with E-state index in [9.17, 15) is 0 Å². The first-order valence-corrected chi connectivity index (χ1v) is 8.69. The standard InChI is InChI=1S/C17H33N3/c1-19(2)17(8-4-9-17)13-20(3)10-7-14-11-15-5-6-16(12-14)18-15/h14-16,18H,4-13H2,1-3H3. The molecule has 0 radical (unpaired) electrons. The molecule has 1 N–H and O–H groups in total. The second-order valence-electron chi connectivity index (χ2n) is 7.97. The summed E-state index contributed by atoms with van der Waals surface area (Å²) in [5.74, 6) is 0.980. The molecule has 0 amide bonds. The lowest BCUT2D eigenvalue weighted by atomic mass is 9.75. The summed E-state index contributed by atoms with van der Waals surface area (Å²) in [6.07, 6.45) is 11.3. The molecule has 3 fully saturated rings. The minimum Gasteiger partial charge on any atom is -0.311 e. The van der Waals surface area contributed by atoms with Crippen LogP contribution < -0.4 is 5.32 Å². The second kappa shape index (κ2) is 5.94. The molecule has 2 saturated heterocycles. The lowest BCUT2D eigenvalue weighted by molar-refractivity contribution is 0.0260. The maximum absolute atomic E-state index is 3.76. The van der Waals surface area contributed by atoms with Crippen LogP contribution in [-0.4, -0.2) is 61.7 Å². The van der Waals surface area contributed by atoms with Crippen molar-refractivity contribution in [2.75, 3.05) is 34.2 Å². The minimum atomic E-state index is 0.488. The molecule has 1 saturated carbocycles.